The van der Waals surface area contributed by atoms with Crippen LogP contribution in [0.2, 0.25) is 0 Å². The average molecular weight is 164 g/mol. The lowest BCUT2D eigenvalue weighted by atomic mass is 11.3. The predicted octanol–water partition coefficient (Wildman–Crippen LogP) is 1.15. The third-order valence-electron chi connectivity index (χ3n) is 0. The molecule has 0 aromatic rings. The summed E-state index contributed by atoms with van der Waals surface area (Å²) >= 11 is -2.36. The summed E-state index contributed by atoms with van der Waals surface area (Å²) in [5.74, 6) is 0. The van der Waals surface area contributed by atoms with Crippen molar-refractivity contribution in [3.63, 3.8) is 0 Å². The molecule has 1 atom stereocenters. The van der Waals surface area contributed by atoms with E-state index in [9.17, 15) is 0 Å². The Labute approximate surface area is 65.4 Å². The van der Waals surface area contributed by atoms with E-state index in [1.54, 1.807) is 0 Å². The Bertz CT molecular complexity index is 60.0. The minimum Gasteiger partial charge on any atom is -0.760 e. The standard InChI is InChI=1S/3C2H4.H3NO2S/c3*1-2;1-4(2)3/h3*1-2H2;1H2,(H,2,3)/p-1. The highest BCUT2D eigenvalue weighted by molar-refractivity contribution is 7.76. The topological polar surface area (TPSA) is 66.2 Å². The van der Waals surface area contributed by atoms with Crippen molar-refractivity contribution in [2.75, 3.05) is 0 Å². The lowest BCUT2D eigenvalue weighted by Gasteiger charge is -1.85. The molecule has 0 aromatic carbocycles. The van der Waals surface area contributed by atoms with Gasteiger partial charge in [-0.1, -0.05) is 0 Å². The van der Waals surface area contributed by atoms with Crippen LogP contribution in [0.3, 0.4) is 0 Å². The summed E-state index contributed by atoms with van der Waals surface area (Å²) in [7, 11) is 0. The molecular formula is C6H14NO2S-. The van der Waals surface area contributed by atoms with Crippen molar-refractivity contribution in [3.8, 4) is 0 Å². The SMILES string of the molecule is C=C.C=C.C=C.NS(=O)[O-]. The van der Waals surface area contributed by atoms with Crippen LogP contribution in [-0.2, 0) is 11.3 Å². The number of hydrogen-bond acceptors (Lipinski definition) is 2. The predicted molar refractivity (Wildman–Crippen MR) is 46.9 cm³/mol. The largest absolute Gasteiger partial charge is 0.760 e. The van der Waals surface area contributed by atoms with Gasteiger partial charge in [0.2, 0.25) is 0 Å². The van der Waals surface area contributed by atoms with Crippen molar-refractivity contribution < 1.29 is 8.76 Å². The maximum atomic E-state index is 8.78. The molecule has 10 heavy (non-hydrogen) atoms. The molecule has 0 saturated heterocycles. The third kappa shape index (κ3) is 572. The normalized spacial score (nSPS) is 7.40. The Hall–Kier alpha value is -0.710. The molecule has 0 aromatic heterocycles. The summed E-state index contributed by atoms with van der Waals surface area (Å²) in [6.07, 6.45) is 0. The Morgan fingerprint density at radius 3 is 1.00 bits per heavy atom. The summed E-state index contributed by atoms with van der Waals surface area (Å²) in [5.41, 5.74) is 0. The summed E-state index contributed by atoms with van der Waals surface area (Å²) < 4.78 is 17.6. The van der Waals surface area contributed by atoms with Gasteiger partial charge < -0.3 is 4.55 Å². The fourth-order valence-corrected chi connectivity index (χ4v) is 0. The number of hydrogen-bond donors (Lipinski definition) is 1. The van der Waals surface area contributed by atoms with Gasteiger partial charge in [-0.05, 0) is 0 Å². The van der Waals surface area contributed by atoms with Crippen molar-refractivity contribution in [1.82, 2.24) is 0 Å². The fraction of sp³-hybridized carbons (Fsp3) is 0. The third-order valence-corrected chi connectivity index (χ3v) is 0. The van der Waals surface area contributed by atoms with Crippen LogP contribution in [0, 0.1) is 0 Å². The van der Waals surface area contributed by atoms with Crippen molar-refractivity contribution >= 4 is 11.3 Å². The summed E-state index contributed by atoms with van der Waals surface area (Å²) in [6, 6.07) is 0. The van der Waals surface area contributed by atoms with E-state index < -0.39 is 11.3 Å². The quantitative estimate of drug-likeness (QED) is 0.431. The molecule has 2 N–H and O–H groups in total. The van der Waals surface area contributed by atoms with E-state index in [4.69, 9.17) is 8.76 Å². The zero-order valence-electron chi connectivity index (χ0n) is 6.04. The lowest BCUT2D eigenvalue weighted by molar-refractivity contribution is 0.539. The minimum atomic E-state index is -2.36. The Balaban J connectivity index is -0.0000000262. The average Bonchev–Trinajstić information content (AvgIpc) is 1.98. The molecule has 1 unspecified atom stereocenters. The monoisotopic (exact) mass is 164 g/mol. The molecule has 62 valence electrons. The summed E-state index contributed by atoms with van der Waals surface area (Å²) in [4.78, 5) is 0. The van der Waals surface area contributed by atoms with Gasteiger partial charge >= 0.3 is 0 Å². The van der Waals surface area contributed by atoms with E-state index in [1.807, 2.05) is 0 Å². The van der Waals surface area contributed by atoms with Crippen LogP contribution in [0.25, 0.3) is 0 Å². The van der Waals surface area contributed by atoms with Crippen LogP contribution < -0.4 is 5.14 Å². The van der Waals surface area contributed by atoms with E-state index in [0.717, 1.165) is 0 Å². The van der Waals surface area contributed by atoms with Gasteiger partial charge in [-0.15, -0.1) is 39.5 Å². The summed E-state index contributed by atoms with van der Waals surface area (Å²) in [5, 5.41) is 4.03. The van der Waals surface area contributed by atoms with Crippen LogP contribution in [0.15, 0.2) is 39.5 Å². The zero-order valence-corrected chi connectivity index (χ0v) is 6.86. The molecule has 0 saturated carbocycles. The lowest BCUT2D eigenvalue weighted by Crippen LogP contribution is -1.97. The summed E-state index contributed by atoms with van der Waals surface area (Å²) in [6.45, 7) is 18.0. The fourth-order valence-electron chi connectivity index (χ4n) is 0. The second-order valence-corrected chi connectivity index (χ2v) is 0.781. The molecule has 0 radical (unpaired) electrons. The van der Waals surface area contributed by atoms with Gasteiger partial charge in [0.1, 0.15) is 0 Å². The Morgan fingerprint density at radius 2 is 1.00 bits per heavy atom. The van der Waals surface area contributed by atoms with E-state index in [-0.39, 0.29) is 0 Å². The highest BCUT2D eigenvalue weighted by Gasteiger charge is 1.39. The molecule has 0 amide bonds. The molecule has 0 aliphatic heterocycles. The van der Waals surface area contributed by atoms with Crippen molar-refractivity contribution in [2.24, 2.45) is 5.14 Å². The van der Waals surface area contributed by atoms with Crippen molar-refractivity contribution in [2.45, 2.75) is 0 Å². The van der Waals surface area contributed by atoms with Crippen LogP contribution in [0.1, 0.15) is 0 Å². The van der Waals surface area contributed by atoms with E-state index in [1.165, 1.54) is 0 Å². The minimum absolute atomic E-state index is 2.36. The molecular weight excluding hydrogens is 150 g/mol. The molecule has 0 fully saturated rings. The molecule has 0 aliphatic rings. The molecule has 0 heterocycles. The van der Waals surface area contributed by atoms with Gasteiger partial charge in [-0.25, -0.2) is 0 Å². The number of nitrogens with two attached hydrogens (primary N) is 1. The molecule has 0 aliphatic carbocycles. The first-order chi connectivity index (χ1) is 4.73. The first kappa shape index (κ1) is 22.8. The van der Waals surface area contributed by atoms with Gasteiger partial charge in [-0.3, -0.25) is 9.35 Å². The van der Waals surface area contributed by atoms with Crippen LogP contribution in [0.4, 0.5) is 0 Å². The van der Waals surface area contributed by atoms with Gasteiger partial charge in [0.25, 0.3) is 0 Å². The van der Waals surface area contributed by atoms with E-state index in [0.29, 0.717) is 0 Å². The Morgan fingerprint density at radius 1 is 1.00 bits per heavy atom. The smallest absolute Gasteiger partial charge is 0.0152 e. The molecule has 4 heteroatoms. The maximum absolute atomic E-state index is 8.78. The van der Waals surface area contributed by atoms with Crippen molar-refractivity contribution in [1.29, 1.82) is 0 Å². The van der Waals surface area contributed by atoms with Crippen LogP contribution in [-0.4, -0.2) is 8.76 Å². The van der Waals surface area contributed by atoms with E-state index >= 15 is 0 Å². The van der Waals surface area contributed by atoms with Gasteiger partial charge in [0.05, 0.1) is 0 Å². The molecule has 3 nitrogen and oxygen atoms in total. The first-order valence-electron chi connectivity index (χ1n) is 2.07. The second kappa shape index (κ2) is 84.0. The Kier molecular flexibility index (Phi) is 192. The van der Waals surface area contributed by atoms with Gasteiger partial charge in [0, 0.05) is 11.3 Å². The highest BCUT2D eigenvalue weighted by atomic mass is 32.2. The first-order valence-corrected chi connectivity index (χ1v) is 3.21. The van der Waals surface area contributed by atoms with Gasteiger partial charge in [0.15, 0.2) is 0 Å². The van der Waals surface area contributed by atoms with Crippen LogP contribution in [0.5, 0.6) is 0 Å². The van der Waals surface area contributed by atoms with Crippen molar-refractivity contribution in [3.05, 3.63) is 39.5 Å². The molecule has 0 bridgehead atoms. The van der Waals surface area contributed by atoms with E-state index in [2.05, 4.69) is 44.6 Å². The number of rotatable bonds is 0. The molecule has 0 spiro atoms. The van der Waals surface area contributed by atoms with Crippen LogP contribution >= 0.6 is 0 Å². The zero-order chi connectivity index (χ0) is 9.58. The molecule has 0 rings (SSSR count). The highest BCUT2D eigenvalue weighted by Crippen LogP contribution is 1.33. The second-order valence-electron chi connectivity index (χ2n) is 0.260. The maximum Gasteiger partial charge on any atom is 0.0152 e. The van der Waals surface area contributed by atoms with Gasteiger partial charge in [-0.2, -0.15) is 0 Å².